The zero-order valence-corrected chi connectivity index (χ0v) is 11.1. The van der Waals surface area contributed by atoms with Gasteiger partial charge in [-0.15, -0.1) is 0 Å². The Bertz CT molecular complexity index is 450. The fourth-order valence-corrected chi connectivity index (χ4v) is 2.55. The number of aromatic nitrogens is 1. The van der Waals surface area contributed by atoms with Crippen LogP contribution in [-0.2, 0) is 6.42 Å². The van der Waals surface area contributed by atoms with Gasteiger partial charge in [0.15, 0.2) is 0 Å². The minimum absolute atomic E-state index is 0.0387. The van der Waals surface area contributed by atoms with Crippen LogP contribution in [0.1, 0.15) is 55.6 Å². The van der Waals surface area contributed by atoms with E-state index in [0.29, 0.717) is 11.4 Å². The highest BCUT2D eigenvalue weighted by atomic mass is 16.1. The summed E-state index contributed by atoms with van der Waals surface area (Å²) in [5.41, 5.74) is 7.14. The van der Waals surface area contributed by atoms with E-state index in [-0.39, 0.29) is 11.4 Å². The highest BCUT2D eigenvalue weighted by molar-refractivity contribution is 5.95. The first-order chi connectivity index (χ1) is 8.52. The van der Waals surface area contributed by atoms with Crippen molar-refractivity contribution < 1.29 is 4.79 Å². The summed E-state index contributed by atoms with van der Waals surface area (Å²) in [5.74, 6) is 0.374. The Hall–Kier alpha value is -1.58. The lowest BCUT2D eigenvalue weighted by molar-refractivity contribution is 0.0908. The van der Waals surface area contributed by atoms with Crippen molar-refractivity contribution >= 4 is 11.7 Å². The molecule has 1 aromatic heterocycles. The molecule has 4 nitrogen and oxygen atoms in total. The Labute approximate surface area is 108 Å². The molecular formula is C14H21N3O. The maximum atomic E-state index is 12.2. The lowest BCUT2D eigenvalue weighted by atomic mass is 10.00. The van der Waals surface area contributed by atoms with E-state index in [1.807, 2.05) is 13.0 Å². The quantitative estimate of drug-likeness (QED) is 0.861. The van der Waals surface area contributed by atoms with E-state index < -0.39 is 0 Å². The third kappa shape index (κ3) is 2.81. The molecule has 1 saturated carbocycles. The van der Waals surface area contributed by atoms with Crippen LogP contribution in [0.3, 0.4) is 0 Å². The van der Waals surface area contributed by atoms with Crippen LogP contribution in [0.5, 0.6) is 0 Å². The highest BCUT2D eigenvalue weighted by Gasteiger charge is 2.30. The van der Waals surface area contributed by atoms with E-state index in [2.05, 4.69) is 17.2 Å². The maximum Gasteiger partial charge on any atom is 0.251 e. The molecule has 0 aliphatic heterocycles. The Morgan fingerprint density at radius 1 is 1.44 bits per heavy atom. The van der Waals surface area contributed by atoms with Gasteiger partial charge in [0, 0.05) is 16.8 Å². The van der Waals surface area contributed by atoms with Crippen molar-refractivity contribution in [3.63, 3.8) is 0 Å². The van der Waals surface area contributed by atoms with Crippen LogP contribution in [0.25, 0.3) is 0 Å². The number of pyridine rings is 1. The summed E-state index contributed by atoms with van der Waals surface area (Å²) >= 11 is 0. The number of nitrogens with one attached hydrogen (secondary N) is 1. The van der Waals surface area contributed by atoms with Crippen LogP contribution in [0.15, 0.2) is 12.1 Å². The number of nitrogens with zero attached hydrogens (tertiary/aromatic N) is 1. The molecule has 1 aliphatic carbocycles. The molecular weight excluding hydrogens is 226 g/mol. The molecule has 0 saturated heterocycles. The average Bonchev–Trinajstić information content (AvgIpc) is 2.74. The first kappa shape index (κ1) is 12.9. The van der Waals surface area contributed by atoms with Gasteiger partial charge < -0.3 is 11.1 Å². The number of anilines is 1. The number of hydrogen-bond donors (Lipinski definition) is 2. The molecule has 1 heterocycles. The molecule has 0 radical (unpaired) electrons. The summed E-state index contributed by atoms with van der Waals surface area (Å²) < 4.78 is 0. The van der Waals surface area contributed by atoms with E-state index in [0.717, 1.165) is 25.0 Å². The largest absolute Gasteiger partial charge is 0.384 e. The van der Waals surface area contributed by atoms with Crippen molar-refractivity contribution in [1.82, 2.24) is 10.3 Å². The molecule has 0 bridgehead atoms. The fourth-order valence-electron chi connectivity index (χ4n) is 2.55. The normalized spacial score (nSPS) is 17.7. The van der Waals surface area contributed by atoms with Crippen LogP contribution >= 0.6 is 0 Å². The summed E-state index contributed by atoms with van der Waals surface area (Å²) in [6.07, 6.45) is 5.27. The molecule has 18 heavy (non-hydrogen) atoms. The van der Waals surface area contributed by atoms with Gasteiger partial charge >= 0.3 is 0 Å². The molecule has 0 spiro atoms. The fraction of sp³-hybridized carbons (Fsp3) is 0.571. The van der Waals surface area contributed by atoms with Crippen LogP contribution < -0.4 is 11.1 Å². The SMILES string of the molecule is CCc1cc(C(=O)NC2(C)CCCC2)cc(N)n1. The van der Waals surface area contributed by atoms with E-state index in [4.69, 9.17) is 5.73 Å². The maximum absolute atomic E-state index is 12.2. The van der Waals surface area contributed by atoms with E-state index >= 15 is 0 Å². The first-order valence-corrected chi connectivity index (χ1v) is 6.61. The number of rotatable bonds is 3. The molecule has 1 aliphatic rings. The van der Waals surface area contributed by atoms with Gasteiger partial charge in [-0.1, -0.05) is 19.8 Å². The third-order valence-electron chi connectivity index (χ3n) is 3.65. The van der Waals surface area contributed by atoms with Gasteiger partial charge in [-0.2, -0.15) is 0 Å². The number of aryl methyl sites for hydroxylation is 1. The Morgan fingerprint density at radius 3 is 2.72 bits per heavy atom. The Kier molecular flexibility index (Phi) is 3.55. The number of carbonyl (C=O) groups is 1. The predicted molar refractivity (Wildman–Crippen MR) is 72.4 cm³/mol. The van der Waals surface area contributed by atoms with Gasteiger partial charge in [-0.05, 0) is 38.3 Å². The lowest BCUT2D eigenvalue weighted by Gasteiger charge is -2.25. The van der Waals surface area contributed by atoms with Crippen molar-refractivity contribution in [2.45, 2.75) is 51.5 Å². The summed E-state index contributed by atoms with van der Waals surface area (Å²) in [5, 5.41) is 3.13. The van der Waals surface area contributed by atoms with Crippen molar-refractivity contribution in [3.8, 4) is 0 Å². The second kappa shape index (κ2) is 4.96. The number of nitrogen functional groups attached to an aromatic ring is 1. The molecule has 0 unspecified atom stereocenters. The first-order valence-electron chi connectivity index (χ1n) is 6.61. The number of nitrogens with two attached hydrogens (primary N) is 1. The molecule has 0 aromatic carbocycles. The molecule has 1 fully saturated rings. The van der Waals surface area contributed by atoms with Crippen molar-refractivity contribution in [2.24, 2.45) is 0 Å². The molecule has 1 aromatic rings. The van der Waals surface area contributed by atoms with Gasteiger partial charge in [-0.3, -0.25) is 4.79 Å². The number of hydrogen-bond acceptors (Lipinski definition) is 3. The van der Waals surface area contributed by atoms with E-state index in [1.54, 1.807) is 6.07 Å². The van der Waals surface area contributed by atoms with E-state index in [1.165, 1.54) is 12.8 Å². The third-order valence-corrected chi connectivity index (χ3v) is 3.65. The standard InChI is InChI=1S/C14H21N3O/c1-3-11-8-10(9-12(15)16-11)13(18)17-14(2)6-4-5-7-14/h8-9H,3-7H2,1-2H3,(H2,15,16)(H,17,18). The number of amides is 1. The second-order valence-electron chi connectivity index (χ2n) is 5.35. The topological polar surface area (TPSA) is 68.0 Å². The molecule has 2 rings (SSSR count). The summed E-state index contributed by atoms with van der Waals surface area (Å²) in [6, 6.07) is 3.47. The van der Waals surface area contributed by atoms with Gasteiger partial charge in [0.25, 0.3) is 5.91 Å². The lowest BCUT2D eigenvalue weighted by Crippen LogP contribution is -2.43. The van der Waals surface area contributed by atoms with Gasteiger partial charge in [0.05, 0.1) is 0 Å². The van der Waals surface area contributed by atoms with Gasteiger partial charge in [0.1, 0.15) is 5.82 Å². The minimum Gasteiger partial charge on any atom is -0.384 e. The van der Waals surface area contributed by atoms with Gasteiger partial charge in [0.2, 0.25) is 0 Å². The molecule has 4 heteroatoms. The van der Waals surface area contributed by atoms with Crippen molar-refractivity contribution in [3.05, 3.63) is 23.4 Å². The predicted octanol–water partition coefficient (Wildman–Crippen LogP) is 2.29. The second-order valence-corrected chi connectivity index (χ2v) is 5.35. The highest BCUT2D eigenvalue weighted by Crippen LogP contribution is 2.29. The number of carbonyl (C=O) groups excluding carboxylic acids is 1. The molecule has 1 amide bonds. The minimum atomic E-state index is -0.0541. The Balaban J connectivity index is 2.15. The summed E-state index contributed by atoms with van der Waals surface area (Å²) in [4.78, 5) is 16.4. The van der Waals surface area contributed by atoms with Crippen LogP contribution in [0.4, 0.5) is 5.82 Å². The van der Waals surface area contributed by atoms with Crippen molar-refractivity contribution in [1.29, 1.82) is 0 Å². The van der Waals surface area contributed by atoms with Gasteiger partial charge in [-0.25, -0.2) is 4.98 Å². The zero-order chi connectivity index (χ0) is 13.2. The zero-order valence-electron chi connectivity index (χ0n) is 11.1. The van der Waals surface area contributed by atoms with Crippen LogP contribution in [0.2, 0.25) is 0 Å². The average molecular weight is 247 g/mol. The van der Waals surface area contributed by atoms with Crippen LogP contribution in [0, 0.1) is 0 Å². The monoisotopic (exact) mass is 247 g/mol. The van der Waals surface area contributed by atoms with E-state index in [9.17, 15) is 4.79 Å². The van der Waals surface area contributed by atoms with Crippen molar-refractivity contribution in [2.75, 3.05) is 5.73 Å². The Morgan fingerprint density at radius 2 is 2.11 bits per heavy atom. The van der Waals surface area contributed by atoms with Crippen LogP contribution in [-0.4, -0.2) is 16.4 Å². The smallest absolute Gasteiger partial charge is 0.251 e. The molecule has 98 valence electrons. The molecule has 0 atom stereocenters. The summed E-state index contributed by atoms with van der Waals surface area (Å²) in [7, 11) is 0. The summed E-state index contributed by atoms with van der Waals surface area (Å²) in [6.45, 7) is 4.12. The molecule has 3 N–H and O–H groups in total.